The summed E-state index contributed by atoms with van der Waals surface area (Å²) in [6.45, 7) is 1.51. The molecule has 3 aromatic heterocycles. The van der Waals surface area contributed by atoms with Crippen LogP contribution in [0.5, 0.6) is 5.75 Å². The fourth-order valence-electron chi connectivity index (χ4n) is 5.96. The third-order valence-electron chi connectivity index (χ3n) is 8.49. The maximum Gasteiger partial charge on any atom is 0.272 e. The first-order valence-corrected chi connectivity index (χ1v) is 15.7. The van der Waals surface area contributed by atoms with E-state index in [4.69, 9.17) is 4.74 Å². The number of anilines is 3. The van der Waals surface area contributed by atoms with Crippen LogP contribution < -0.4 is 20.5 Å². The minimum Gasteiger partial charge on any atom is -0.496 e. The molecule has 1 aliphatic rings. The van der Waals surface area contributed by atoms with Crippen LogP contribution in [0.1, 0.15) is 21.6 Å². The van der Waals surface area contributed by atoms with Crippen LogP contribution in [0.2, 0.25) is 0 Å². The number of fused-ring (bicyclic) bond motifs is 1. The average molecular weight is 679 g/mol. The molecular formula is C36H29F3N8O3. The molecule has 4 heterocycles. The van der Waals surface area contributed by atoms with Gasteiger partial charge in [-0.2, -0.15) is 10.1 Å². The Balaban J connectivity index is 1.02. The van der Waals surface area contributed by atoms with Crippen molar-refractivity contribution in [1.82, 2.24) is 30.0 Å². The van der Waals surface area contributed by atoms with Gasteiger partial charge < -0.3 is 19.9 Å². The van der Waals surface area contributed by atoms with E-state index in [0.29, 0.717) is 66.0 Å². The number of hydrogen-bond donors (Lipinski definition) is 2. The third kappa shape index (κ3) is 6.55. The molecule has 3 aromatic carbocycles. The number of methoxy groups -OCH3 is 1. The maximum absolute atomic E-state index is 15.0. The van der Waals surface area contributed by atoms with E-state index in [9.17, 15) is 22.8 Å². The van der Waals surface area contributed by atoms with Gasteiger partial charge in [-0.3, -0.25) is 9.59 Å². The van der Waals surface area contributed by atoms with Crippen molar-refractivity contribution in [2.75, 3.05) is 43.5 Å². The number of aromatic nitrogens is 5. The van der Waals surface area contributed by atoms with E-state index in [-0.39, 0.29) is 34.2 Å². The smallest absolute Gasteiger partial charge is 0.272 e. The lowest BCUT2D eigenvalue weighted by molar-refractivity contribution is 0.0741. The molecule has 252 valence electrons. The lowest BCUT2D eigenvalue weighted by Gasteiger charge is -2.35. The van der Waals surface area contributed by atoms with Crippen LogP contribution in [-0.4, -0.2) is 69.2 Å². The Labute approximate surface area is 283 Å². The van der Waals surface area contributed by atoms with Crippen LogP contribution in [0.3, 0.4) is 0 Å². The molecule has 0 unspecified atom stereocenters. The minimum atomic E-state index is -0.623. The largest absolute Gasteiger partial charge is 0.496 e. The topological polar surface area (TPSA) is 129 Å². The number of benzene rings is 3. The van der Waals surface area contributed by atoms with E-state index in [1.165, 1.54) is 43.5 Å². The molecule has 0 aliphatic carbocycles. The van der Waals surface area contributed by atoms with Gasteiger partial charge in [0.05, 0.1) is 30.0 Å². The van der Waals surface area contributed by atoms with Gasteiger partial charge in [0, 0.05) is 61.4 Å². The second-order valence-electron chi connectivity index (χ2n) is 11.6. The Kier molecular flexibility index (Phi) is 8.81. The van der Waals surface area contributed by atoms with Crippen LogP contribution >= 0.6 is 0 Å². The van der Waals surface area contributed by atoms with Gasteiger partial charge in [0.25, 0.3) is 11.5 Å². The summed E-state index contributed by atoms with van der Waals surface area (Å²) in [5.74, 6) is -0.952. The fraction of sp³-hybridized carbons (Fsp3) is 0.167. The number of H-pyrrole nitrogens is 1. The molecule has 1 fully saturated rings. The first-order valence-electron chi connectivity index (χ1n) is 15.7. The molecule has 0 bridgehead atoms. The number of nitrogens with zero attached hydrogens (tertiary/aromatic N) is 6. The predicted molar refractivity (Wildman–Crippen MR) is 181 cm³/mol. The molecule has 0 radical (unpaired) electrons. The van der Waals surface area contributed by atoms with Crippen molar-refractivity contribution < 1.29 is 22.7 Å². The summed E-state index contributed by atoms with van der Waals surface area (Å²) in [6, 6.07) is 18.5. The van der Waals surface area contributed by atoms with Crippen LogP contribution in [0.25, 0.3) is 21.9 Å². The summed E-state index contributed by atoms with van der Waals surface area (Å²) >= 11 is 0. The van der Waals surface area contributed by atoms with Gasteiger partial charge in [-0.25, -0.2) is 28.2 Å². The zero-order chi connectivity index (χ0) is 34.8. The maximum atomic E-state index is 15.0. The molecule has 0 saturated carbocycles. The number of pyridine rings is 1. The molecule has 11 nitrogen and oxygen atoms in total. The van der Waals surface area contributed by atoms with Crippen molar-refractivity contribution in [3.05, 3.63) is 130 Å². The number of ether oxygens (including phenoxy) is 1. The summed E-state index contributed by atoms with van der Waals surface area (Å²) < 4.78 is 48.7. The molecular weight excluding hydrogens is 649 g/mol. The number of piperazine rings is 1. The van der Waals surface area contributed by atoms with Crippen molar-refractivity contribution >= 4 is 34.3 Å². The highest BCUT2D eigenvalue weighted by atomic mass is 19.1. The van der Waals surface area contributed by atoms with E-state index in [2.05, 4.69) is 30.5 Å². The normalized spacial score (nSPS) is 13.0. The lowest BCUT2D eigenvalue weighted by Crippen LogP contribution is -2.49. The molecule has 0 atom stereocenters. The number of halogens is 3. The van der Waals surface area contributed by atoms with Crippen molar-refractivity contribution in [1.29, 1.82) is 0 Å². The Morgan fingerprint density at radius 3 is 2.50 bits per heavy atom. The molecule has 2 N–H and O–H groups in total. The van der Waals surface area contributed by atoms with Gasteiger partial charge in [0.2, 0.25) is 5.95 Å². The second kappa shape index (κ2) is 13.7. The van der Waals surface area contributed by atoms with Crippen molar-refractivity contribution in [3.8, 4) is 16.9 Å². The van der Waals surface area contributed by atoms with Gasteiger partial charge in [-0.15, -0.1) is 0 Å². The van der Waals surface area contributed by atoms with E-state index in [1.807, 2.05) is 17.0 Å². The number of hydrogen-bond acceptors (Lipinski definition) is 9. The molecule has 6 aromatic rings. The zero-order valence-corrected chi connectivity index (χ0v) is 26.7. The number of nitrogens with one attached hydrogen (secondary N) is 2. The highest BCUT2D eigenvalue weighted by Gasteiger charge is 2.26. The molecule has 0 spiro atoms. The quantitative estimate of drug-likeness (QED) is 0.215. The van der Waals surface area contributed by atoms with Crippen LogP contribution in [-0.2, 0) is 6.42 Å². The summed E-state index contributed by atoms with van der Waals surface area (Å²) in [4.78, 5) is 42.2. The summed E-state index contributed by atoms with van der Waals surface area (Å²) in [6.07, 6.45) is 2.91. The third-order valence-corrected chi connectivity index (χ3v) is 8.49. The Hall–Kier alpha value is -6.31. The number of aromatic amines is 1. The molecule has 1 aliphatic heterocycles. The zero-order valence-electron chi connectivity index (χ0n) is 26.7. The van der Waals surface area contributed by atoms with Gasteiger partial charge >= 0.3 is 0 Å². The number of carbonyl (C=O) groups excluding carboxylic acids is 1. The second-order valence-corrected chi connectivity index (χ2v) is 11.6. The number of carbonyl (C=O) groups is 1. The summed E-state index contributed by atoms with van der Waals surface area (Å²) in [5.41, 5.74) is 1.46. The summed E-state index contributed by atoms with van der Waals surface area (Å²) in [7, 11) is 1.37. The van der Waals surface area contributed by atoms with Crippen LogP contribution in [0.4, 0.5) is 30.8 Å². The van der Waals surface area contributed by atoms with E-state index in [1.54, 1.807) is 35.4 Å². The van der Waals surface area contributed by atoms with Crippen molar-refractivity contribution in [3.63, 3.8) is 0 Å². The molecule has 7 rings (SSSR count). The van der Waals surface area contributed by atoms with Crippen molar-refractivity contribution in [2.45, 2.75) is 6.42 Å². The number of rotatable bonds is 8. The van der Waals surface area contributed by atoms with Gasteiger partial charge in [-0.05, 0) is 48.0 Å². The van der Waals surface area contributed by atoms with Gasteiger partial charge in [0.1, 0.15) is 34.8 Å². The Morgan fingerprint density at radius 2 is 1.70 bits per heavy atom. The Morgan fingerprint density at radius 1 is 0.900 bits per heavy atom. The van der Waals surface area contributed by atoms with Gasteiger partial charge in [0.15, 0.2) is 0 Å². The van der Waals surface area contributed by atoms with E-state index >= 15 is 0 Å². The highest BCUT2D eigenvalue weighted by Crippen LogP contribution is 2.34. The summed E-state index contributed by atoms with van der Waals surface area (Å²) in [5, 5.41) is 10.9. The molecule has 1 saturated heterocycles. The first kappa shape index (κ1) is 32.2. The Bertz CT molecular complexity index is 2290. The minimum absolute atomic E-state index is 0.0392. The average Bonchev–Trinajstić information content (AvgIpc) is 3.14. The lowest BCUT2D eigenvalue weighted by atomic mass is 10.0. The predicted octanol–water partition coefficient (Wildman–Crippen LogP) is 5.50. The molecule has 50 heavy (non-hydrogen) atoms. The van der Waals surface area contributed by atoms with Crippen LogP contribution in [0.15, 0.2) is 90.0 Å². The highest BCUT2D eigenvalue weighted by molar-refractivity contribution is 5.95. The standard InChI is InChI=1S/C36H29F3N8O3/c1-50-31-18-22(37)7-8-24(31)26-19-32(41-20-29(26)39)42-36-40-11-10-33(43-36)46-12-14-47(15-13-46)35(49)27-16-21(6-9-28(27)38)17-30-23-4-2-3-5-25(23)34(48)45-44-30/h2-11,16,18-20H,12-15,17H2,1H3,(H,45,48)(H,40,41,42,43). The van der Waals surface area contributed by atoms with Gasteiger partial charge in [-0.1, -0.05) is 24.3 Å². The van der Waals surface area contributed by atoms with Crippen molar-refractivity contribution in [2.24, 2.45) is 0 Å². The fourth-order valence-corrected chi connectivity index (χ4v) is 5.96. The van der Waals surface area contributed by atoms with Crippen LogP contribution in [0, 0.1) is 17.5 Å². The number of amides is 1. The van der Waals surface area contributed by atoms with E-state index < -0.39 is 23.4 Å². The molecule has 14 heteroatoms. The SMILES string of the molecule is COc1cc(F)ccc1-c1cc(Nc2nccc(N3CCN(C(=O)c4cc(Cc5n[nH]c(=O)c6ccccc56)ccc4F)CC3)n2)ncc1F. The van der Waals surface area contributed by atoms with E-state index in [0.717, 1.165) is 6.20 Å². The molecule has 1 amide bonds. The monoisotopic (exact) mass is 678 g/mol. The first-order chi connectivity index (χ1) is 24.3.